The van der Waals surface area contributed by atoms with Gasteiger partial charge >= 0.3 is 0 Å². The van der Waals surface area contributed by atoms with E-state index in [0.717, 1.165) is 28.1 Å². The van der Waals surface area contributed by atoms with Gasteiger partial charge in [-0.2, -0.15) is 0 Å². The van der Waals surface area contributed by atoms with Gasteiger partial charge in [0.25, 0.3) is 0 Å². The third kappa shape index (κ3) is 5.76. The van der Waals surface area contributed by atoms with Gasteiger partial charge in [0.05, 0.1) is 5.69 Å². The number of nitrogens with one attached hydrogen (secondary N) is 1. The van der Waals surface area contributed by atoms with Crippen molar-refractivity contribution in [2.45, 2.75) is 5.25 Å². The van der Waals surface area contributed by atoms with Crippen molar-refractivity contribution in [2.75, 3.05) is 16.3 Å². The monoisotopic (exact) mass is 687 g/mol. The number of rotatable bonds is 9. The van der Waals surface area contributed by atoms with E-state index in [2.05, 4.69) is 10.00 Å². The third-order valence-corrected chi connectivity index (χ3v) is 10.7. The lowest BCUT2D eigenvalue weighted by Crippen LogP contribution is -2.37. The van der Waals surface area contributed by atoms with E-state index in [0.29, 0.717) is 38.6 Å². The smallest absolute Gasteiger partial charge is 0.248 e. The van der Waals surface area contributed by atoms with Gasteiger partial charge in [0, 0.05) is 40.0 Å². The Bertz CT molecular complexity index is 2300. The minimum Gasteiger partial charge on any atom is -0.340 e. The lowest BCUT2D eigenvalue weighted by molar-refractivity contribution is -0.116. The number of hydrogen-bond donors (Lipinski definition) is 1. The maximum Gasteiger partial charge on any atom is 0.248 e. The molecule has 50 heavy (non-hydrogen) atoms. The van der Waals surface area contributed by atoms with Gasteiger partial charge in [-0.15, -0.1) is 21.5 Å². The van der Waals surface area contributed by atoms with E-state index in [-0.39, 0.29) is 16.9 Å². The molecule has 2 aromatic heterocycles. The van der Waals surface area contributed by atoms with E-state index in [1.807, 2.05) is 140 Å². The summed E-state index contributed by atoms with van der Waals surface area (Å²) in [6.07, 6.45) is 0. The third-order valence-electron chi connectivity index (χ3n) is 8.60. The first kappa shape index (κ1) is 31.4. The summed E-state index contributed by atoms with van der Waals surface area (Å²) >= 11 is 2.41. The van der Waals surface area contributed by atoms with Crippen molar-refractivity contribution in [3.8, 4) is 22.4 Å². The summed E-state index contributed by atoms with van der Waals surface area (Å²) in [6, 6.07) is 48.5. The summed E-state index contributed by atoms with van der Waals surface area (Å²) in [5.41, 5.74) is 5.84. The van der Waals surface area contributed by atoms with Crippen LogP contribution in [0.5, 0.6) is 0 Å². The Balaban J connectivity index is 1.32. The number of hydrogen-bond acceptors (Lipinski definition) is 8. The van der Waals surface area contributed by atoms with Crippen LogP contribution < -0.4 is 9.80 Å². The molecule has 242 valence electrons. The van der Waals surface area contributed by atoms with Crippen molar-refractivity contribution in [1.29, 1.82) is 5.41 Å². The fourth-order valence-corrected chi connectivity index (χ4v) is 8.36. The number of carbonyl (C=O) groups is 2. The summed E-state index contributed by atoms with van der Waals surface area (Å²) in [5.74, 6) is -0.510. The summed E-state index contributed by atoms with van der Waals surface area (Å²) in [7, 11) is 0. The highest BCUT2D eigenvalue weighted by atomic mass is 32.2. The van der Waals surface area contributed by atoms with Crippen molar-refractivity contribution in [2.24, 2.45) is 0 Å². The average molecular weight is 688 g/mol. The van der Waals surface area contributed by atoms with E-state index in [1.54, 1.807) is 12.1 Å². The van der Waals surface area contributed by atoms with E-state index in [9.17, 15) is 15.0 Å². The number of aromatic nitrogens is 2. The first-order valence-corrected chi connectivity index (χ1v) is 17.8. The zero-order valence-electron chi connectivity index (χ0n) is 26.6. The molecule has 9 heteroatoms. The van der Waals surface area contributed by atoms with E-state index in [4.69, 9.17) is 5.10 Å². The van der Waals surface area contributed by atoms with Crippen LogP contribution in [0, 0.1) is 5.41 Å². The number of ketones is 1. The molecule has 1 saturated heterocycles. The Kier molecular flexibility index (Phi) is 8.50. The lowest BCUT2D eigenvalue weighted by Gasteiger charge is -2.27. The predicted octanol–water partition coefficient (Wildman–Crippen LogP) is 9.48. The Morgan fingerprint density at radius 1 is 0.700 bits per heavy atom. The van der Waals surface area contributed by atoms with Gasteiger partial charge in [-0.1, -0.05) is 139 Å². The van der Waals surface area contributed by atoms with Crippen LogP contribution in [0.25, 0.3) is 32.6 Å². The number of amidine groups is 1. The molecule has 1 N–H and O–H groups in total. The average Bonchev–Trinajstić information content (AvgIpc) is 3.69. The molecule has 1 unspecified atom stereocenters. The van der Waals surface area contributed by atoms with E-state index >= 15 is 0 Å². The second-order valence-electron chi connectivity index (χ2n) is 11.7. The molecule has 0 aliphatic carbocycles. The Morgan fingerprint density at radius 3 is 1.80 bits per heavy atom. The van der Waals surface area contributed by atoms with Gasteiger partial charge in [-0.3, -0.25) is 19.9 Å². The highest BCUT2D eigenvalue weighted by molar-refractivity contribution is 8.16. The molecular formula is C41H29N5O2S2. The van der Waals surface area contributed by atoms with Crippen LogP contribution in [-0.2, 0) is 4.79 Å². The largest absolute Gasteiger partial charge is 0.340 e. The quantitative estimate of drug-likeness (QED) is 0.152. The molecular weight excluding hydrogens is 659 g/mol. The number of anilines is 3. The van der Waals surface area contributed by atoms with Crippen LogP contribution >= 0.6 is 23.1 Å². The summed E-state index contributed by atoms with van der Waals surface area (Å²) < 4.78 is 0. The molecule has 1 amide bonds. The molecule has 7 nitrogen and oxygen atoms in total. The molecule has 1 aliphatic rings. The number of thiophene rings is 1. The number of benzene rings is 5. The predicted molar refractivity (Wildman–Crippen MR) is 205 cm³/mol. The van der Waals surface area contributed by atoms with Gasteiger partial charge < -0.3 is 4.90 Å². The first-order valence-electron chi connectivity index (χ1n) is 16.1. The van der Waals surface area contributed by atoms with Gasteiger partial charge in [0.15, 0.2) is 5.17 Å². The zero-order chi connectivity index (χ0) is 34.0. The summed E-state index contributed by atoms with van der Waals surface area (Å²) in [5, 5.41) is 18.7. The second kappa shape index (κ2) is 13.5. The van der Waals surface area contributed by atoms with Crippen LogP contribution in [0.15, 0.2) is 152 Å². The Morgan fingerprint density at radius 2 is 1.22 bits per heavy atom. The Labute approximate surface area is 297 Å². The van der Waals surface area contributed by atoms with Crippen molar-refractivity contribution in [3.63, 3.8) is 0 Å². The van der Waals surface area contributed by atoms with Crippen LogP contribution in [0.2, 0.25) is 0 Å². The highest BCUT2D eigenvalue weighted by Crippen LogP contribution is 2.49. The van der Waals surface area contributed by atoms with Crippen LogP contribution in [0.4, 0.5) is 17.1 Å². The molecule has 3 heterocycles. The minimum atomic E-state index is -0.624. The van der Waals surface area contributed by atoms with Crippen molar-refractivity contribution >= 4 is 67.2 Å². The van der Waals surface area contributed by atoms with Gasteiger partial charge in [0.1, 0.15) is 20.7 Å². The molecule has 5 aromatic carbocycles. The van der Waals surface area contributed by atoms with Crippen LogP contribution in [0.3, 0.4) is 0 Å². The SMILES string of the molecule is N=C1SC(CN(c2ccccc2)c2ccccc2)C(=O)N1c1c(C(=O)c2ccccc2)sc2nnc(-c3ccccc3)c(-c3ccccc3)c12. The molecule has 1 atom stereocenters. The first-order chi connectivity index (χ1) is 24.6. The molecule has 0 spiro atoms. The maximum absolute atomic E-state index is 14.8. The number of amides is 1. The second-order valence-corrected chi connectivity index (χ2v) is 13.9. The molecule has 1 aliphatic heterocycles. The van der Waals surface area contributed by atoms with Crippen molar-refractivity contribution in [1.82, 2.24) is 10.2 Å². The molecule has 7 aromatic rings. The van der Waals surface area contributed by atoms with Gasteiger partial charge in [0.2, 0.25) is 11.7 Å². The molecule has 8 rings (SSSR count). The molecule has 1 fully saturated rings. The fourth-order valence-electron chi connectivity index (χ4n) is 6.29. The van der Waals surface area contributed by atoms with Crippen LogP contribution in [0.1, 0.15) is 15.2 Å². The van der Waals surface area contributed by atoms with E-state index in [1.165, 1.54) is 28.0 Å². The van der Waals surface area contributed by atoms with Gasteiger partial charge in [-0.25, -0.2) is 0 Å². The minimum absolute atomic E-state index is 0.0555. The maximum atomic E-state index is 14.8. The zero-order valence-corrected chi connectivity index (χ0v) is 28.3. The lowest BCUT2D eigenvalue weighted by atomic mass is 9.95. The van der Waals surface area contributed by atoms with Crippen LogP contribution in [-0.4, -0.2) is 38.9 Å². The summed E-state index contributed by atoms with van der Waals surface area (Å²) in [6.45, 7) is 0.320. The number of carbonyl (C=O) groups excluding carboxylic acids is 2. The number of fused-ring (bicyclic) bond motifs is 1. The Hall–Kier alpha value is -5.90. The van der Waals surface area contributed by atoms with Gasteiger partial charge in [-0.05, 0) is 29.8 Å². The topological polar surface area (TPSA) is 90.2 Å². The van der Waals surface area contributed by atoms with Crippen molar-refractivity contribution < 1.29 is 9.59 Å². The van der Waals surface area contributed by atoms with Crippen molar-refractivity contribution in [3.05, 3.63) is 162 Å². The molecule has 0 radical (unpaired) electrons. The summed E-state index contributed by atoms with van der Waals surface area (Å²) in [4.78, 5) is 33.5. The fraction of sp³-hybridized carbons (Fsp3) is 0.0488. The normalized spacial score (nSPS) is 14.3. The number of nitrogens with zero attached hydrogens (tertiary/aromatic N) is 4. The molecule has 0 bridgehead atoms. The number of para-hydroxylation sites is 2. The number of thioether (sulfide) groups is 1. The standard InChI is InChI=1S/C41H29N5O2S2/c42-41-46(40(48)32(49-41)26-45(30-22-12-4-13-23-30)31-24-14-5-15-25-31)36-34-33(27-16-6-1-7-17-27)35(28-18-8-2-9-19-28)43-44-39(34)50-38(36)37(47)29-20-10-3-11-21-29/h1-25,32,42H,26H2. The van der Waals surface area contributed by atoms with E-state index < -0.39 is 5.25 Å². The highest BCUT2D eigenvalue weighted by Gasteiger charge is 2.43. The molecule has 0 saturated carbocycles.